The highest BCUT2D eigenvalue weighted by Gasteiger charge is 2.28. The Kier molecular flexibility index (Phi) is 48.9. The molecule has 0 aliphatic carbocycles. The number of phosphoric ester groups is 1. The third-order valence-electron chi connectivity index (χ3n) is 11.7. The number of ether oxygens (including phenoxy) is 3. The molecule has 0 heterocycles. The Labute approximate surface area is 415 Å². The molecule has 0 bridgehead atoms. The van der Waals surface area contributed by atoms with Crippen LogP contribution in [-0.4, -0.2) is 66.5 Å². The van der Waals surface area contributed by atoms with E-state index in [0.717, 1.165) is 109 Å². The molecule has 0 aliphatic heterocycles. The van der Waals surface area contributed by atoms with Crippen LogP contribution in [0.2, 0.25) is 0 Å². The Bertz CT molecular complexity index is 1330. The van der Waals surface area contributed by atoms with Gasteiger partial charge in [-0.15, -0.1) is 0 Å². The molecule has 68 heavy (non-hydrogen) atoms. The number of aliphatic hydroxyl groups excluding tert-OH is 1. The Morgan fingerprint density at radius 2 is 0.721 bits per heavy atom. The van der Waals surface area contributed by atoms with Gasteiger partial charge in [0, 0.05) is 19.3 Å². The summed E-state index contributed by atoms with van der Waals surface area (Å²) in [5, 5.41) is 9.75. The molecule has 0 fully saturated rings. The number of phosphoric acid groups is 1. The Hall–Kier alpha value is -2.56. The van der Waals surface area contributed by atoms with E-state index < -0.39 is 57.8 Å². The lowest BCUT2D eigenvalue weighted by atomic mass is 10.1. The zero-order valence-electron chi connectivity index (χ0n) is 43.6. The van der Waals surface area contributed by atoms with Crippen molar-refractivity contribution in [1.82, 2.24) is 0 Å². The molecule has 0 amide bonds. The molecule has 3 atom stereocenters. The summed E-state index contributed by atoms with van der Waals surface area (Å²) in [5.74, 6) is -1.48. The number of rotatable bonds is 51. The number of hydrogen-bond acceptors (Lipinski definition) is 10. The van der Waals surface area contributed by atoms with Crippen LogP contribution in [0.25, 0.3) is 0 Å². The minimum Gasteiger partial charge on any atom is -0.462 e. The van der Waals surface area contributed by atoms with Gasteiger partial charge in [0.2, 0.25) is 0 Å². The van der Waals surface area contributed by atoms with Crippen molar-refractivity contribution in [3.05, 3.63) is 48.6 Å². The second-order valence-electron chi connectivity index (χ2n) is 18.4. The molecule has 12 heteroatoms. The van der Waals surface area contributed by atoms with E-state index in [9.17, 15) is 28.9 Å². The topological polar surface area (TPSA) is 155 Å². The van der Waals surface area contributed by atoms with Gasteiger partial charge >= 0.3 is 25.7 Å². The minimum atomic E-state index is -4.74. The lowest BCUT2D eigenvalue weighted by molar-refractivity contribution is -0.161. The van der Waals surface area contributed by atoms with Gasteiger partial charge in [-0.25, -0.2) is 4.57 Å². The summed E-state index contributed by atoms with van der Waals surface area (Å²) < 4.78 is 39.4. The minimum absolute atomic E-state index is 0.153. The maximum Gasteiger partial charge on any atom is 0.472 e. The average Bonchev–Trinajstić information content (AvgIpc) is 3.32. The largest absolute Gasteiger partial charge is 0.472 e. The fraction of sp³-hybridized carbons (Fsp3) is 0.804. The summed E-state index contributed by atoms with van der Waals surface area (Å²) >= 11 is 0. The first kappa shape index (κ1) is 65.4. The van der Waals surface area contributed by atoms with Gasteiger partial charge in [-0.05, 0) is 83.5 Å². The van der Waals surface area contributed by atoms with Crippen molar-refractivity contribution in [3.63, 3.8) is 0 Å². The molecule has 3 unspecified atom stereocenters. The van der Waals surface area contributed by atoms with Gasteiger partial charge in [-0.1, -0.05) is 198 Å². The van der Waals surface area contributed by atoms with E-state index in [-0.39, 0.29) is 25.9 Å². The zero-order valence-corrected chi connectivity index (χ0v) is 44.5. The van der Waals surface area contributed by atoms with Gasteiger partial charge in [0.15, 0.2) is 6.10 Å². The summed E-state index contributed by atoms with van der Waals surface area (Å²) in [6, 6.07) is 0. The van der Waals surface area contributed by atoms with E-state index in [2.05, 4.69) is 69.4 Å². The van der Waals surface area contributed by atoms with Gasteiger partial charge in [-0.2, -0.15) is 0 Å². The molecule has 0 aliphatic rings. The first-order chi connectivity index (χ1) is 33.2. The van der Waals surface area contributed by atoms with Crippen LogP contribution >= 0.6 is 7.82 Å². The highest BCUT2D eigenvalue weighted by Crippen LogP contribution is 2.43. The van der Waals surface area contributed by atoms with E-state index >= 15 is 0 Å². The van der Waals surface area contributed by atoms with Gasteiger partial charge in [0.25, 0.3) is 0 Å². The van der Waals surface area contributed by atoms with Gasteiger partial charge < -0.3 is 24.2 Å². The molecule has 0 rings (SSSR count). The molecule has 0 spiro atoms. The first-order valence-corrected chi connectivity index (χ1v) is 29.0. The zero-order chi connectivity index (χ0) is 49.9. The lowest BCUT2D eigenvalue weighted by Gasteiger charge is -2.21. The lowest BCUT2D eigenvalue weighted by Crippen LogP contribution is -2.30. The van der Waals surface area contributed by atoms with Crippen molar-refractivity contribution in [3.8, 4) is 0 Å². The molecular formula is C56H101O11P. The molecule has 2 N–H and O–H groups in total. The molecule has 0 aromatic heterocycles. The van der Waals surface area contributed by atoms with Crippen molar-refractivity contribution in [1.29, 1.82) is 0 Å². The molecule has 11 nitrogen and oxygen atoms in total. The highest BCUT2D eigenvalue weighted by atomic mass is 31.2. The van der Waals surface area contributed by atoms with Crippen molar-refractivity contribution >= 4 is 25.7 Å². The fourth-order valence-electron chi connectivity index (χ4n) is 7.47. The Balaban J connectivity index is 4.74. The molecule has 396 valence electrons. The predicted octanol–water partition coefficient (Wildman–Crippen LogP) is 15.8. The molecule has 0 saturated carbocycles. The second-order valence-corrected chi connectivity index (χ2v) is 19.8. The van der Waals surface area contributed by atoms with E-state index in [1.807, 2.05) is 0 Å². The van der Waals surface area contributed by atoms with Gasteiger partial charge in [0.1, 0.15) is 12.7 Å². The summed E-state index contributed by atoms with van der Waals surface area (Å²) in [5.41, 5.74) is 0. The molecule has 0 aromatic rings. The summed E-state index contributed by atoms with van der Waals surface area (Å²) in [6.07, 6.45) is 52.2. The molecule has 0 saturated heterocycles. The molecule has 0 aromatic carbocycles. The number of carbonyl (C=O) groups excluding carboxylic acids is 3. The molecule has 0 radical (unpaired) electrons. The third kappa shape index (κ3) is 48.5. The average molecular weight is 981 g/mol. The van der Waals surface area contributed by atoms with Crippen LogP contribution in [0.5, 0.6) is 0 Å². The number of unbranched alkanes of at least 4 members (excludes halogenated alkanes) is 26. The highest BCUT2D eigenvalue weighted by molar-refractivity contribution is 7.47. The standard InChI is InChI=1S/C56H101O11P/c1-4-7-10-13-16-19-21-23-24-25-26-27-28-30-32-35-38-41-44-47-56(60)67-53(49-63-54(58)45-42-39-36-34-31-29-22-20-17-14-11-8-5-2)51-65-68(61,62)64-50-52(48-57)66-55(59)46-43-40-37-33-18-15-12-9-6-3/h16,19-20,22-24,26-27,52-53,57H,4-15,17-18,21,25,28-51H2,1-3H3,(H,61,62)/b19-16-,22-20-,24-23-,27-26-. The third-order valence-corrected chi connectivity index (χ3v) is 12.7. The Morgan fingerprint density at radius 3 is 1.16 bits per heavy atom. The number of esters is 3. The van der Waals surface area contributed by atoms with Crippen LogP contribution in [0.1, 0.15) is 252 Å². The van der Waals surface area contributed by atoms with Crippen molar-refractivity contribution in [2.75, 3.05) is 26.4 Å². The van der Waals surface area contributed by atoms with E-state index in [4.69, 9.17) is 23.3 Å². The number of carbonyl (C=O) groups is 3. The summed E-state index contributed by atoms with van der Waals surface area (Å²) in [7, 11) is -4.74. The van der Waals surface area contributed by atoms with Crippen LogP contribution in [0, 0.1) is 0 Å². The van der Waals surface area contributed by atoms with E-state index in [1.54, 1.807) is 0 Å². The monoisotopic (exact) mass is 981 g/mol. The van der Waals surface area contributed by atoms with Crippen molar-refractivity contribution in [2.24, 2.45) is 0 Å². The predicted molar refractivity (Wildman–Crippen MR) is 279 cm³/mol. The maximum atomic E-state index is 12.9. The summed E-state index contributed by atoms with van der Waals surface area (Å²) in [4.78, 5) is 48.3. The van der Waals surface area contributed by atoms with Crippen LogP contribution in [0.4, 0.5) is 0 Å². The number of hydrogen-bond donors (Lipinski definition) is 2. The van der Waals surface area contributed by atoms with E-state index in [1.165, 1.54) is 83.5 Å². The SMILES string of the molecule is CCCCC/C=C\C/C=C\C/C=C\CCCCCCCCC(=O)OC(COC(=O)CCCCCCC/C=C\CCCCCC)COP(=O)(O)OCC(CO)OC(=O)CCCCCCCCCCC. The smallest absolute Gasteiger partial charge is 0.462 e. The maximum absolute atomic E-state index is 12.9. The fourth-order valence-corrected chi connectivity index (χ4v) is 8.26. The quantitative estimate of drug-likeness (QED) is 0.0197. The Morgan fingerprint density at radius 1 is 0.412 bits per heavy atom. The number of allylic oxidation sites excluding steroid dienone is 8. The van der Waals surface area contributed by atoms with Gasteiger partial charge in [-0.3, -0.25) is 23.4 Å². The summed E-state index contributed by atoms with van der Waals surface area (Å²) in [6.45, 7) is 4.56. The second kappa shape index (κ2) is 50.8. The van der Waals surface area contributed by atoms with Crippen LogP contribution in [0.15, 0.2) is 48.6 Å². The van der Waals surface area contributed by atoms with Crippen molar-refractivity contribution < 1.29 is 52.2 Å². The molecular weight excluding hydrogens is 880 g/mol. The van der Waals surface area contributed by atoms with Gasteiger partial charge in [0.05, 0.1) is 19.8 Å². The number of aliphatic hydroxyl groups is 1. The van der Waals surface area contributed by atoms with E-state index in [0.29, 0.717) is 19.3 Å². The van der Waals surface area contributed by atoms with Crippen LogP contribution in [0.3, 0.4) is 0 Å². The normalized spacial score (nSPS) is 13.8. The first-order valence-electron chi connectivity index (χ1n) is 27.5. The van der Waals surface area contributed by atoms with Crippen LogP contribution < -0.4 is 0 Å². The van der Waals surface area contributed by atoms with Crippen molar-refractivity contribution in [2.45, 2.75) is 264 Å². The van der Waals surface area contributed by atoms with Crippen LogP contribution in [-0.2, 0) is 42.2 Å².